The molecule has 3 heterocycles. The number of carbonyl (C=O) groups excluding carboxylic acids is 1. The van der Waals surface area contributed by atoms with Gasteiger partial charge in [-0.3, -0.25) is 4.79 Å². The van der Waals surface area contributed by atoms with E-state index < -0.39 is 26.7 Å². The molecule has 0 radical (unpaired) electrons. The largest absolute Gasteiger partial charge is 0.460 e. The fourth-order valence-corrected chi connectivity index (χ4v) is 3.59. The van der Waals surface area contributed by atoms with Gasteiger partial charge in [0.2, 0.25) is 15.0 Å². The number of aryl methyl sites for hydroxylation is 1. The standard InChI is InChI=1S/C20H16FN3O4S/c1-11-8-9-15(28-11)18-16-17(22-20(23-18)29(3,26)27)14(24(2)19(16)25)10-12-6-4-5-7-13(12)21/h4-10H,1-3H3/b14-10-. The molecule has 7 nitrogen and oxygen atoms in total. The van der Waals surface area contributed by atoms with Crippen molar-refractivity contribution in [2.75, 3.05) is 13.3 Å². The summed E-state index contributed by atoms with van der Waals surface area (Å²) in [5, 5.41) is -0.442. The van der Waals surface area contributed by atoms with Crippen molar-refractivity contribution in [3.8, 4) is 11.5 Å². The Kier molecular flexibility index (Phi) is 4.34. The third-order valence-corrected chi connectivity index (χ3v) is 5.36. The number of halogens is 1. The highest BCUT2D eigenvalue weighted by atomic mass is 32.2. The van der Waals surface area contributed by atoms with E-state index in [0.717, 1.165) is 6.26 Å². The highest BCUT2D eigenvalue weighted by Gasteiger charge is 2.37. The maximum atomic E-state index is 14.2. The number of amides is 1. The number of nitrogens with zero attached hydrogens (tertiary/aromatic N) is 3. The molecule has 1 aliphatic heterocycles. The predicted octanol–water partition coefficient (Wildman–Crippen LogP) is 3.17. The Balaban J connectivity index is 2.04. The minimum Gasteiger partial charge on any atom is -0.460 e. The molecule has 0 fully saturated rings. The Morgan fingerprint density at radius 3 is 2.41 bits per heavy atom. The lowest BCUT2D eigenvalue weighted by Crippen LogP contribution is -2.17. The van der Waals surface area contributed by atoms with Crippen LogP contribution in [0.5, 0.6) is 0 Å². The molecule has 0 bridgehead atoms. The van der Waals surface area contributed by atoms with Crippen LogP contribution in [0.25, 0.3) is 23.2 Å². The number of fused-ring (bicyclic) bond motifs is 1. The van der Waals surface area contributed by atoms with Crippen molar-refractivity contribution in [3.05, 3.63) is 64.8 Å². The monoisotopic (exact) mass is 413 g/mol. The average molecular weight is 413 g/mol. The summed E-state index contributed by atoms with van der Waals surface area (Å²) in [5.74, 6) is -0.0885. The first-order chi connectivity index (χ1) is 13.7. The Labute approximate surface area is 166 Å². The molecule has 0 aliphatic carbocycles. The Morgan fingerprint density at radius 1 is 1.10 bits per heavy atom. The summed E-state index contributed by atoms with van der Waals surface area (Å²) in [7, 11) is -2.27. The van der Waals surface area contributed by atoms with Gasteiger partial charge in [0.05, 0.1) is 11.3 Å². The second-order valence-electron chi connectivity index (χ2n) is 6.68. The number of rotatable bonds is 3. The van der Waals surface area contributed by atoms with Crippen molar-refractivity contribution < 1.29 is 22.0 Å². The Bertz CT molecular complexity index is 1290. The summed E-state index contributed by atoms with van der Waals surface area (Å²) >= 11 is 0. The molecule has 4 rings (SSSR count). The number of benzene rings is 1. The first-order valence-corrected chi connectivity index (χ1v) is 10.5. The van der Waals surface area contributed by atoms with Crippen molar-refractivity contribution in [2.45, 2.75) is 12.1 Å². The maximum absolute atomic E-state index is 14.2. The summed E-state index contributed by atoms with van der Waals surface area (Å²) in [6, 6.07) is 9.35. The van der Waals surface area contributed by atoms with Gasteiger partial charge in [-0.15, -0.1) is 0 Å². The van der Waals surface area contributed by atoms with Crippen LogP contribution < -0.4 is 0 Å². The highest BCUT2D eigenvalue weighted by Crippen LogP contribution is 2.38. The quantitative estimate of drug-likeness (QED) is 0.613. The van der Waals surface area contributed by atoms with Crippen LogP contribution in [0.4, 0.5) is 4.39 Å². The van der Waals surface area contributed by atoms with Crippen molar-refractivity contribution in [1.82, 2.24) is 14.9 Å². The average Bonchev–Trinajstić information content (AvgIpc) is 3.19. The SMILES string of the molecule is Cc1ccc(-c2nc(S(C)(=O)=O)nc3c2C(=O)N(C)/C3=C\c2ccccc2F)o1. The van der Waals surface area contributed by atoms with Gasteiger partial charge in [-0.1, -0.05) is 18.2 Å². The second kappa shape index (κ2) is 6.63. The molecule has 0 spiro atoms. The number of sulfone groups is 1. The summed E-state index contributed by atoms with van der Waals surface area (Å²) < 4.78 is 44.1. The molecule has 0 saturated carbocycles. The lowest BCUT2D eigenvalue weighted by atomic mass is 10.1. The van der Waals surface area contributed by atoms with Gasteiger partial charge in [0.1, 0.15) is 23.0 Å². The van der Waals surface area contributed by atoms with Gasteiger partial charge >= 0.3 is 0 Å². The minimum atomic E-state index is -3.78. The van der Waals surface area contributed by atoms with Crippen LogP contribution in [0.2, 0.25) is 0 Å². The molecule has 1 aromatic carbocycles. The zero-order valence-electron chi connectivity index (χ0n) is 15.8. The molecule has 0 unspecified atom stereocenters. The smallest absolute Gasteiger partial charge is 0.262 e. The van der Waals surface area contributed by atoms with Crippen LogP contribution in [-0.2, 0) is 9.84 Å². The van der Waals surface area contributed by atoms with Gasteiger partial charge in [0.15, 0.2) is 5.76 Å². The second-order valence-corrected chi connectivity index (χ2v) is 8.59. The van der Waals surface area contributed by atoms with E-state index in [1.54, 1.807) is 37.3 Å². The van der Waals surface area contributed by atoms with Crippen molar-refractivity contribution in [1.29, 1.82) is 0 Å². The molecule has 0 atom stereocenters. The first kappa shape index (κ1) is 19.0. The van der Waals surface area contributed by atoms with E-state index in [9.17, 15) is 17.6 Å². The topological polar surface area (TPSA) is 93.4 Å². The van der Waals surface area contributed by atoms with Gasteiger partial charge in [-0.25, -0.2) is 22.8 Å². The number of hydrogen-bond donors (Lipinski definition) is 0. The van der Waals surface area contributed by atoms with Crippen LogP contribution in [0.3, 0.4) is 0 Å². The molecule has 0 N–H and O–H groups in total. The third-order valence-electron chi connectivity index (χ3n) is 4.51. The highest BCUT2D eigenvalue weighted by molar-refractivity contribution is 7.90. The molecule has 29 heavy (non-hydrogen) atoms. The zero-order chi connectivity index (χ0) is 20.9. The molecule has 1 aliphatic rings. The lowest BCUT2D eigenvalue weighted by molar-refractivity contribution is 0.0875. The van der Waals surface area contributed by atoms with E-state index in [2.05, 4.69) is 9.97 Å². The normalized spacial score (nSPS) is 15.2. The Hall–Kier alpha value is -3.33. The zero-order valence-corrected chi connectivity index (χ0v) is 16.6. The third kappa shape index (κ3) is 3.23. The van der Waals surface area contributed by atoms with Crippen LogP contribution in [0, 0.1) is 12.7 Å². The van der Waals surface area contributed by atoms with Gasteiger partial charge in [0.25, 0.3) is 5.91 Å². The fraction of sp³-hybridized carbons (Fsp3) is 0.150. The molecule has 148 valence electrons. The number of aromatic nitrogens is 2. The maximum Gasteiger partial charge on any atom is 0.262 e. The first-order valence-electron chi connectivity index (χ1n) is 8.60. The van der Waals surface area contributed by atoms with E-state index in [4.69, 9.17) is 4.42 Å². The summed E-state index contributed by atoms with van der Waals surface area (Å²) in [6.07, 6.45) is 2.43. The van der Waals surface area contributed by atoms with E-state index >= 15 is 0 Å². The number of carbonyl (C=O) groups is 1. The van der Waals surface area contributed by atoms with E-state index in [0.29, 0.717) is 5.76 Å². The van der Waals surface area contributed by atoms with Gasteiger partial charge in [-0.05, 0) is 31.2 Å². The molecule has 0 saturated heterocycles. The van der Waals surface area contributed by atoms with Crippen LogP contribution >= 0.6 is 0 Å². The lowest BCUT2D eigenvalue weighted by Gasteiger charge is -2.11. The molecular formula is C20H16FN3O4S. The van der Waals surface area contributed by atoms with Crippen molar-refractivity contribution >= 4 is 27.5 Å². The summed E-state index contributed by atoms with van der Waals surface area (Å²) in [5.41, 5.74) is 0.811. The van der Waals surface area contributed by atoms with E-state index in [1.807, 2.05) is 0 Å². The Morgan fingerprint density at radius 2 is 1.79 bits per heavy atom. The van der Waals surface area contributed by atoms with Gasteiger partial charge in [0, 0.05) is 18.9 Å². The van der Waals surface area contributed by atoms with E-state index in [1.165, 1.54) is 24.1 Å². The van der Waals surface area contributed by atoms with Gasteiger partial charge < -0.3 is 9.32 Å². The van der Waals surface area contributed by atoms with Crippen molar-refractivity contribution in [3.63, 3.8) is 0 Å². The summed E-state index contributed by atoms with van der Waals surface area (Å²) in [6.45, 7) is 1.72. The fourth-order valence-electron chi connectivity index (χ4n) is 3.07. The number of furan rings is 1. The summed E-state index contributed by atoms with van der Waals surface area (Å²) in [4.78, 5) is 22.5. The van der Waals surface area contributed by atoms with E-state index in [-0.39, 0.29) is 34.0 Å². The van der Waals surface area contributed by atoms with Crippen LogP contribution in [0.1, 0.15) is 27.4 Å². The van der Waals surface area contributed by atoms with Crippen LogP contribution in [-0.4, -0.2) is 42.5 Å². The number of hydrogen-bond acceptors (Lipinski definition) is 6. The van der Waals surface area contributed by atoms with Gasteiger partial charge in [-0.2, -0.15) is 0 Å². The molecule has 3 aromatic rings. The van der Waals surface area contributed by atoms with Crippen molar-refractivity contribution in [2.24, 2.45) is 0 Å². The van der Waals surface area contributed by atoms with Crippen LogP contribution in [0.15, 0.2) is 46.0 Å². The molecular weight excluding hydrogens is 397 g/mol. The molecule has 1 amide bonds. The minimum absolute atomic E-state index is 0.0808. The predicted molar refractivity (Wildman–Crippen MR) is 104 cm³/mol. The molecule has 9 heteroatoms. The molecule has 2 aromatic heterocycles.